The fourth-order valence-corrected chi connectivity index (χ4v) is 6.24. The van der Waals surface area contributed by atoms with Crippen LogP contribution in [-0.2, 0) is 26.5 Å². The number of halogens is 2. The van der Waals surface area contributed by atoms with Crippen molar-refractivity contribution < 1.29 is 14.4 Å². The number of para-hydroxylation sites is 2. The van der Waals surface area contributed by atoms with Gasteiger partial charge in [-0.3, -0.25) is 19.7 Å². The number of rotatable bonds is 3. The second-order valence-electron chi connectivity index (χ2n) is 9.25. The van der Waals surface area contributed by atoms with E-state index in [-0.39, 0.29) is 30.3 Å². The van der Waals surface area contributed by atoms with Gasteiger partial charge in [-0.05, 0) is 42.8 Å². The number of carbonyl (C=O) groups is 3. The maximum absolute atomic E-state index is 14.2. The summed E-state index contributed by atoms with van der Waals surface area (Å²) in [5.41, 5.74) is 1.42. The lowest BCUT2D eigenvalue weighted by atomic mass is 9.76. The molecule has 0 saturated carbocycles. The highest BCUT2D eigenvalue weighted by Crippen LogP contribution is 2.55. The molecule has 0 bridgehead atoms. The first-order valence-corrected chi connectivity index (χ1v) is 12.2. The Labute approximate surface area is 212 Å². The lowest BCUT2D eigenvalue weighted by Gasteiger charge is -2.30. The molecule has 4 atom stereocenters. The minimum atomic E-state index is -1.33. The molecule has 176 valence electrons. The molecular formula is C27H21Cl2N3O3. The van der Waals surface area contributed by atoms with Gasteiger partial charge in [-0.1, -0.05) is 65.7 Å². The number of anilines is 2. The molecule has 3 heterocycles. The van der Waals surface area contributed by atoms with Gasteiger partial charge in [0.1, 0.15) is 5.54 Å². The van der Waals surface area contributed by atoms with Crippen LogP contribution >= 0.6 is 23.2 Å². The molecule has 0 aliphatic carbocycles. The summed E-state index contributed by atoms with van der Waals surface area (Å²) in [5.74, 6) is -2.39. The number of fused-ring (bicyclic) bond motifs is 4. The molecule has 35 heavy (non-hydrogen) atoms. The molecule has 0 radical (unpaired) electrons. The lowest BCUT2D eigenvalue weighted by molar-refractivity contribution is -0.132. The topological polar surface area (TPSA) is 69.7 Å². The Balaban J connectivity index is 1.46. The summed E-state index contributed by atoms with van der Waals surface area (Å²) in [6.07, 6.45) is 0. The number of hydrogen-bond donors (Lipinski definition) is 1. The predicted octanol–water partition coefficient (Wildman–Crippen LogP) is 4.53. The number of hydrogen-bond acceptors (Lipinski definition) is 4. The highest BCUT2D eigenvalue weighted by atomic mass is 35.5. The van der Waals surface area contributed by atoms with Gasteiger partial charge in [0.05, 0.1) is 34.1 Å². The molecule has 8 heteroatoms. The molecule has 3 aliphatic rings. The van der Waals surface area contributed by atoms with Crippen molar-refractivity contribution in [3.8, 4) is 0 Å². The third kappa shape index (κ3) is 3.03. The van der Waals surface area contributed by atoms with Crippen molar-refractivity contribution in [2.75, 3.05) is 9.80 Å². The zero-order valence-electron chi connectivity index (χ0n) is 18.7. The second kappa shape index (κ2) is 7.92. The molecule has 1 spiro atoms. The average molecular weight is 506 g/mol. The van der Waals surface area contributed by atoms with Crippen molar-refractivity contribution in [3.05, 3.63) is 94.0 Å². The number of amides is 3. The van der Waals surface area contributed by atoms with E-state index in [0.29, 0.717) is 27.0 Å². The Morgan fingerprint density at radius 3 is 2.34 bits per heavy atom. The Morgan fingerprint density at radius 1 is 0.886 bits per heavy atom. The van der Waals surface area contributed by atoms with Crippen molar-refractivity contribution in [3.63, 3.8) is 0 Å². The molecule has 1 N–H and O–H groups in total. The van der Waals surface area contributed by atoms with Crippen molar-refractivity contribution >= 4 is 52.3 Å². The van der Waals surface area contributed by atoms with Gasteiger partial charge in [-0.2, -0.15) is 0 Å². The van der Waals surface area contributed by atoms with Gasteiger partial charge in [0.15, 0.2) is 0 Å². The number of nitrogens with one attached hydrogen (secondary N) is 1. The van der Waals surface area contributed by atoms with E-state index >= 15 is 0 Å². The maximum Gasteiger partial charge on any atom is 0.253 e. The molecule has 2 saturated heterocycles. The quantitative estimate of drug-likeness (QED) is 0.530. The van der Waals surface area contributed by atoms with Gasteiger partial charge in [0, 0.05) is 17.3 Å². The Hall–Kier alpha value is -3.19. The first-order chi connectivity index (χ1) is 16.8. The number of nitrogens with zero attached hydrogens (tertiary/aromatic N) is 2. The van der Waals surface area contributed by atoms with Gasteiger partial charge < -0.3 is 4.90 Å². The van der Waals surface area contributed by atoms with E-state index in [4.69, 9.17) is 23.2 Å². The van der Waals surface area contributed by atoms with E-state index in [9.17, 15) is 14.4 Å². The van der Waals surface area contributed by atoms with Crippen LogP contribution in [0.25, 0.3) is 0 Å². The summed E-state index contributed by atoms with van der Waals surface area (Å²) in [7, 11) is 0. The number of imide groups is 1. The van der Waals surface area contributed by atoms with Gasteiger partial charge in [-0.15, -0.1) is 0 Å². The summed E-state index contributed by atoms with van der Waals surface area (Å²) in [4.78, 5) is 44.5. The first kappa shape index (κ1) is 22.3. The van der Waals surface area contributed by atoms with Crippen LogP contribution in [0.2, 0.25) is 10.0 Å². The van der Waals surface area contributed by atoms with Gasteiger partial charge >= 0.3 is 0 Å². The number of benzene rings is 3. The SMILES string of the molecule is CC1NC2(C(=O)N(Cc3ccc(Cl)c(Cl)c3)c3ccccc32)C2C(=O)N(c3ccccc3)C(=O)C12. The van der Waals surface area contributed by atoms with Crippen LogP contribution in [0.5, 0.6) is 0 Å². The largest absolute Gasteiger partial charge is 0.306 e. The van der Waals surface area contributed by atoms with Crippen LogP contribution in [-0.4, -0.2) is 23.8 Å². The summed E-state index contributed by atoms with van der Waals surface area (Å²) < 4.78 is 0. The molecule has 6 nitrogen and oxygen atoms in total. The first-order valence-electron chi connectivity index (χ1n) is 11.4. The zero-order valence-corrected chi connectivity index (χ0v) is 20.3. The normalized spacial score (nSPS) is 27.2. The average Bonchev–Trinajstić information content (AvgIpc) is 3.40. The van der Waals surface area contributed by atoms with Gasteiger partial charge in [-0.25, -0.2) is 4.90 Å². The van der Waals surface area contributed by atoms with Crippen LogP contribution in [0, 0.1) is 11.8 Å². The zero-order chi connectivity index (χ0) is 24.5. The van der Waals surface area contributed by atoms with Crippen molar-refractivity contribution in [1.82, 2.24) is 5.32 Å². The molecule has 3 aromatic carbocycles. The highest BCUT2D eigenvalue weighted by Gasteiger charge is 2.71. The van der Waals surface area contributed by atoms with Gasteiger partial charge in [0.25, 0.3) is 5.91 Å². The van der Waals surface area contributed by atoms with E-state index in [1.807, 2.05) is 43.3 Å². The Morgan fingerprint density at radius 2 is 1.60 bits per heavy atom. The molecule has 3 aromatic rings. The van der Waals surface area contributed by atoms with Crippen LogP contribution in [0.3, 0.4) is 0 Å². The molecule has 3 aliphatic heterocycles. The summed E-state index contributed by atoms with van der Waals surface area (Å²) in [6.45, 7) is 2.12. The van der Waals surface area contributed by atoms with Crippen LogP contribution < -0.4 is 15.1 Å². The fourth-order valence-electron chi connectivity index (χ4n) is 5.92. The van der Waals surface area contributed by atoms with E-state index in [1.165, 1.54) is 4.90 Å². The third-order valence-corrected chi connectivity index (χ3v) is 8.09. The van der Waals surface area contributed by atoms with Crippen molar-refractivity contribution in [2.45, 2.75) is 25.0 Å². The monoisotopic (exact) mass is 505 g/mol. The summed E-state index contributed by atoms with van der Waals surface area (Å²) in [6, 6.07) is 21.2. The number of carbonyl (C=O) groups excluding carboxylic acids is 3. The Kier molecular flexibility index (Phi) is 5.04. The molecule has 3 amide bonds. The highest BCUT2D eigenvalue weighted by molar-refractivity contribution is 6.42. The second-order valence-corrected chi connectivity index (χ2v) is 10.1. The standard InChI is InChI=1S/C27H21Cl2N3O3/c1-15-22-23(25(34)32(24(22)33)17-7-3-2-4-8-17)27(30-15)18-9-5-6-10-21(18)31(26(27)35)14-16-11-12-19(28)20(29)13-16/h2-13,15,22-23,30H,14H2,1H3. The van der Waals surface area contributed by atoms with E-state index in [2.05, 4.69) is 5.32 Å². The van der Waals surface area contributed by atoms with Crippen molar-refractivity contribution in [1.29, 1.82) is 0 Å². The van der Waals surface area contributed by atoms with E-state index in [1.54, 1.807) is 41.3 Å². The molecule has 0 aromatic heterocycles. The predicted molar refractivity (Wildman–Crippen MR) is 134 cm³/mol. The third-order valence-electron chi connectivity index (χ3n) is 7.35. The van der Waals surface area contributed by atoms with Crippen LogP contribution in [0.4, 0.5) is 11.4 Å². The molecule has 4 unspecified atom stereocenters. The molecule has 6 rings (SSSR count). The van der Waals surface area contributed by atoms with Crippen LogP contribution in [0.15, 0.2) is 72.8 Å². The van der Waals surface area contributed by atoms with E-state index in [0.717, 1.165) is 5.56 Å². The van der Waals surface area contributed by atoms with E-state index < -0.39 is 17.4 Å². The van der Waals surface area contributed by atoms with Crippen LogP contribution in [0.1, 0.15) is 18.1 Å². The maximum atomic E-state index is 14.2. The summed E-state index contributed by atoms with van der Waals surface area (Å²) >= 11 is 12.3. The minimum Gasteiger partial charge on any atom is -0.306 e. The Bertz CT molecular complexity index is 1400. The van der Waals surface area contributed by atoms with Crippen molar-refractivity contribution in [2.24, 2.45) is 11.8 Å². The lowest BCUT2D eigenvalue weighted by Crippen LogP contribution is -2.54. The minimum absolute atomic E-state index is 0.250. The molecule has 2 fully saturated rings. The summed E-state index contributed by atoms with van der Waals surface area (Å²) in [5, 5.41) is 4.24. The smallest absolute Gasteiger partial charge is 0.253 e. The van der Waals surface area contributed by atoms with Gasteiger partial charge in [0.2, 0.25) is 11.8 Å². The molecular weight excluding hydrogens is 485 g/mol. The fraction of sp³-hybridized carbons (Fsp3) is 0.222.